The minimum atomic E-state index is 0.773. The molecule has 1 aromatic carbocycles. The number of nitrogens with zero attached hydrogens (tertiary/aromatic N) is 1. The molecule has 4 heteroatoms. The summed E-state index contributed by atoms with van der Waals surface area (Å²) >= 11 is 1.73. The molecule has 0 saturated heterocycles. The van der Waals surface area contributed by atoms with Crippen LogP contribution < -0.4 is 5.32 Å². The molecule has 3 aromatic rings. The molecular formula is C15H16N2OS. The van der Waals surface area contributed by atoms with Gasteiger partial charge in [0.05, 0.1) is 6.42 Å². The maximum absolute atomic E-state index is 5.83. The van der Waals surface area contributed by atoms with Crippen LogP contribution in [0.2, 0.25) is 0 Å². The number of benzene rings is 1. The molecule has 0 spiro atoms. The summed E-state index contributed by atoms with van der Waals surface area (Å²) in [5, 5.41) is 5.39. The normalized spacial score (nSPS) is 11.2. The van der Waals surface area contributed by atoms with Crippen molar-refractivity contribution in [1.29, 1.82) is 0 Å². The van der Waals surface area contributed by atoms with Crippen LogP contribution in [0.4, 0.5) is 0 Å². The molecule has 0 radical (unpaired) electrons. The van der Waals surface area contributed by atoms with E-state index in [0.29, 0.717) is 0 Å². The predicted octanol–water partition coefficient (Wildman–Crippen LogP) is 3.59. The SMILES string of the molecule is CCNCc1ccc2nc(Cc3cccs3)oc2c1. The van der Waals surface area contributed by atoms with Crippen molar-refractivity contribution >= 4 is 22.4 Å². The molecule has 0 aliphatic carbocycles. The highest BCUT2D eigenvalue weighted by atomic mass is 32.1. The Hall–Kier alpha value is -1.65. The van der Waals surface area contributed by atoms with Gasteiger partial charge in [-0.25, -0.2) is 4.98 Å². The molecule has 0 saturated carbocycles. The lowest BCUT2D eigenvalue weighted by atomic mass is 10.2. The number of hydrogen-bond donors (Lipinski definition) is 1. The monoisotopic (exact) mass is 272 g/mol. The third-order valence-corrected chi connectivity index (χ3v) is 3.86. The van der Waals surface area contributed by atoms with Crippen molar-refractivity contribution in [3.63, 3.8) is 0 Å². The zero-order valence-corrected chi connectivity index (χ0v) is 11.7. The maximum Gasteiger partial charge on any atom is 0.200 e. The van der Waals surface area contributed by atoms with Gasteiger partial charge >= 0.3 is 0 Å². The number of oxazole rings is 1. The van der Waals surface area contributed by atoms with Crippen LogP contribution in [-0.2, 0) is 13.0 Å². The first-order valence-corrected chi connectivity index (χ1v) is 7.34. The summed E-state index contributed by atoms with van der Waals surface area (Å²) in [5.74, 6) is 0.790. The van der Waals surface area contributed by atoms with Crippen molar-refractivity contribution in [2.24, 2.45) is 0 Å². The third-order valence-electron chi connectivity index (χ3n) is 2.98. The minimum absolute atomic E-state index is 0.773. The summed E-state index contributed by atoms with van der Waals surface area (Å²) in [6.45, 7) is 3.94. The summed E-state index contributed by atoms with van der Waals surface area (Å²) in [6.07, 6.45) is 0.773. The molecule has 0 bridgehead atoms. The Morgan fingerprint density at radius 3 is 3.05 bits per heavy atom. The van der Waals surface area contributed by atoms with Gasteiger partial charge in [-0.1, -0.05) is 19.1 Å². The van der Waals surface area contributed by atoms with Crippen molar-refractivity contribution in [2.75, 3.05) is 6.54 Å². The molecule has 3 nitrogen and oxygen atoms in total. The maximum atomic E-state index is 5.83. The standard InChI is InChI=1S/C15H16N2OS/c1-2-16-10-11-5-6-13-14(8-11)18-15(17-13)9-12-4-3-7-19-12/h3-8,16H,2,9-10H2,1H3. The fourth-order valence-electron chi connectivity index (χ4n) is 2.03. The zero-order valence-electron chi connectivity index (χ0n) is 10.8. The molecule has 0 aliphatic rings. The van der Waals surface area contributed by atoms with Crippen LogP contribution >= 0.6 is 11.3 Å². The molecular weight excluding hydrogens is 256 g/mol. The van der Waals surface area contributed by atoms with Crippen molar-refractivity contribution in [3.05, 3.63) is 52.0 Å². The second-order valence-corrected chi connectivity index (χ2v) is 5.48. The highest BCUT2D eigenvalue weighted by Crippen LogP contribution is 2.20. The molecule has 2 aromatic heterocycles. The molecule has 1 N–H and O–H groups in total. The summed E-state index contributed by atoms with van der Waals surface area (Å²) in [6, 6.07) is 10.4. The lowest BCUT2D eigenvalue weighted by molar-refractivity contribution is 0.545. The molecule has 0 unspecified atom stereocenters. The molecule has 0 atom stereocenters. The highest BCUT2D eigenvalue weighted by molar-refractivity contribution is 7.09. The Morgan fingerprint density at radius 2 is 2.26 bits per heavy atom. The minimum Gasteiger partial charge on any atom is -0.440 e. The van der Waals surface area contributed by atoms with E-state index < -0.39 is 0 Å². The van der Waals surface area contributed by atoms with Crippen LogP contribution in [-0.4, -0.2) is 11.5 Å². The van der Waals surface area contributed by atoms with Gasteiger partial charge in [0.15, 0.2) is 5.58 Å². The lowest BCUT2D eigenvalue weighted by Gasteiger charge is -2.00. The van der Waals surface area contributed by atoms with Crippen LogP contribution in [0.1, 0.15) is 23.3 Å². The lowest BCUT2D eigenvalue weighted by Crippen LogP contribution is -2.11. The number of hydrogen-bond acceptors (Lipinski definition) is 4. The van der Waals surface area contributed by atoms with E-state index >= 15 is 0 Å². The quantitative estimate of drug-likeness (QED) is 0.771. The van der Waals surface area contributed by atoms with E-state index in [1.807, 2.05) is 6.07 Å². The Balaban J connectivity index is 1.84. The van der Waals surface area contributed by atoms with E-state index in [4.69, 9.17) is 4.42 Å². The van der Waals surface area contributed by atoms with Gasteiger partial charge in [-0.05, 0) is 35.7 Å². The van der Waals surface area contributed by atoms with E-state index in [2.05, 4.69) is 46.9 Å². The number of fused-ring (bicyclic) bond motifs is 1. The van der Waals surface area contributed by atoms with Gasteiger partial charge in [0.25, 0.3) is 0 Å². The summed E-state index contributed by atoms with van der Waals surface area (Å²) < 4.78 is 5.83. The average Bonchev–Trinajstić information content (AvgIpc) is 3.04. The van der Waals surface area contributed by atoms with Gasteiger partial charge in [-0.2, -0.15) is 0 Å². The van der Waals surface area contributed by atoms with Gasteiger partial charge in [-0.3, -0.25) is 0 Å². The van der Waals surface area contributed by atoms with E-state index in [9.17, 15) is 0 Å². The zero-order chi connectivity index (χ0) is 13.1. The number of rotatable bonds is 5. The highest BCUT2D eigenvalue weighted by Gasteiger charge is 2.07. The van der Waals surface area contributed by atoms with Gasteiger partial charge in [-0.15, -0.1) is 11.3 Å². The molecule has 98 valence electrons. The predicted molar refractivity (Wildman–Crippen MR) is 78.5 cm³/mol. The first-order valence-electron chi connectivity index (χ1n) is 6.46. The number of nitrogens with one attached hydrogen (secondary N) is 1. The van der Waals surface area contributed by atoms with E-state index in [-0.39, 0.29) is 0 Å². The first-order chi connectivity index (χ1) is 9.35. The number of aromatic nitrogens is 1. The third kappa shape index (κ3) is 2.85. The second kappa shape index (κ2) is 5.55. The topological polar surface area (TPSA) is 38.1 Å². The smallest absolute Gasteiger partial charge is 0.200 e. The van der Waals surface area contributed by atoms with Crippen LogP contribution in [0, 0.1) is 0 Å². The fraction of sp³-hybridized carbons (Fsp3) is 0.267. The van der Waals surface area contributed by atoms with Crippen LogP contribution in [0.5, 0.6) is 0 Å². The van der Waals surface area contributed by atoms with Crippen molar-refractivity contribution in [3.8, 4) is 0 Å². The van der Waals surface area contributed by atoms with Crippen molar-refractivity contribution in [2.45, 2.75) is 19.9 Å². The fourth-order valence-corrected chi connectivity index (χ4v) is 2.73. The Labute approximate surface area is 116 Å². The molecule has 0 aliphatic heterocycles. The molecule has 0 fully saturated rings. The average molecular weight is 272 g/mol. The van der Waals surface area contributed by atoms with Gasteiger partial charge in [0.1, 0.15) is 5.52 Å². The van der Waals surface area contributed by atoms with Crippen molar-refractivity contribution < 1.29 is 4.42 Å². The first kappa shape index (κ1) is 12.4. The molecule has 2 heterocycles. The molecule has 19 heavy (non-hydrogen) atoms. The number of thiophene rings is 1. The molecule has 0 amide bonds. The van der Waals surface area contributed by atoms with E-state index in [1.165, 1.54) is 10.4 Å². The largest absolute Gasteiger partial charge is 0.440 e. The summed E-state index contributed by atoms with van der Waals surface area (Å²) in [4.78, 5) is 5.81. The van der Waals surface area contributed by atoms with E-state index in [1.54, 1.807) is 11.3 Å². The summed E-state index contributed by atoms with van der Waals surface area (Å²) in [5.41, 5.74) is 3.04. The van der Waals surface area contributed by atoms with Gasteiger partial charge < -0.3 is 9.73 Å². The van der Waals surface area contributed by atoms with Crippen LogP contribution in [0.25, 0.3) is 11.1 Å². The second-order valence-electron chi connectivity index (χ2n) is 4.45. The van der Waals surface area contributed by atoms with Crippen LogP contribution in [0.15, 0.2) is 40.1 Å². The molecule has 3 rings (SSSR count). The Kier molecular flexibility index (Phi) is 3.62. The van der Waals surface area contributed by atoms with E-state index in [0.717, 1.165) is 36.5 Å². The van der Waals surface area contributed by atoms with Crippen molar-refractivity contribution in [1.82, 2.24) is 10.3 Å². The van der Waals surface area contributed by atoms with Crippen LogP contribution in [0.3, 0.4) is 0 Å². The van der Waals surface area contributed by atoms with Gasteiger partial charge in [0, 0.05) is 11.4 Å². The van der Waals surface area contributed by atoms with Gasteiger partial charge in [0.2, 0.25) is 5.89 Å². The summed E-state index contributed by atoms with van der Waals surface area (Å²) in [7, 11) is 0. The Bertz CT molecular complexity index is 658. The Morgan fingerprint density at radius 1 is 1.32 bits per heavy atom.